The van der Waals surface area contributed by atoms with Crippen LogP contribution in [-0.2, 0) is 6.61 Å². The largest absolute Gasteiger partial charge is 0.495 e. The SMILES string of the molecule is COc1c(C=O)cc2ccccc2c1-c1c(OCc2ccccc2NC2NCCN2)ccc2ccccc12.Cl. The normalized spacial score (nSPS) is 13.3. The third-order valence-corrected chi connectivity index (χ3v) is 7.02. The van der Waals surface area contributed by atoms with Gasteiger partial charge in [0.2, 0.25) is 0 Å². The van der Waals surface area contributed by atoms with Gasteiger partial charge in [-0.2, -0.15) is 0 Å². The first-order chi connectivity index (χ1) is 18.8. The van der Waals surface area contributed by atoms with Crippen molar-refractivity contribution in [3.8, 4) is 22.6 Å². The molecule has 0 spiro atoms. The number of para-hydroxylation sites is 1. The van der Waals surface area contributed by atoms with Crippen LogP contribution in [0, 0.1) is 0 Å². The van der Waals surface area contributed by atoms with Crippen molar-refractivity contribution in [2.24, 2.45) is 0 Å². The number of nitrogens with one attached hydrogen (secondary N) is 3. The molecule has 1 fully saturated rings. The predicted octanol–water partition coefficient (Wildman–Crippen LogP) is 6.37. The van der Waals surface area contributed by atoms with E-state index >= 15 is 0 Å². The van der Waals surface area contributed by atoms with Gasteiger partial charge >= 0.3 is 0 Å². The van der Waals surface area contributed by atoms with Gasteiger partial charge in [-0.05, 0) is 39.7 Å². The summed E-state index contributed by atoms with van der Waals surface area (Å²) in [5.41, 5.74) is 4.31. The molecule has 3 N–H and O–H groups in total. The molecule has 198 valence electrons. The summed E-state index contributed by atoms with van der Waals surface area (Å²) in [5.74, 6) is 1.27. The molecule has 1 aliphatic heterocycles. The number of anilines is 1. The van der Waals surface area contributed by atoms with Crippen LogP contribution < -0.4 is 25.4 Å². The maximum Gasteiger partial charge on any atom is 0.153 e. The molecular formula is C32H30ClN3O3. The van der Waals surface area contributed by atoms with Crippen LogP contribution in [-0.4, -0.2) is 32.8 Å². The number of carbonyl (C=O) groups is 1. The Morgan fingerprint density at radius 2 is 1.51 bits per heavy atom. The fraction of sp³-hybridized carbons (Fsp3) is 0.156. The number of fused-ring (bicyclic) bond motifs is 2. The van der Waals surface area contributed by atoms with Crippen LogP contribution in [0.2, 0.25) is 0 Å². The Hall–Kier alpha value is -4.10. The second-order valence-electron chi connectivity index (χ2n) is 9.30. The maximum atomic E-state index is 12.1. The molecule has 1 saturated heterocycles. The molecule has 0 atom stereocenters. The van der Waals surface area contributed by atoms with E-state index in [2.05, 4.69) is 52.3 Å². The minimum Gasteiger partial charge on any atom is -0.495 e. The summed E-state index contributed by atoms with van der Waals surface area (Å²) in [5, 5.41) is 14.4. The Kier molecular flexibility index (Phi) is 7.98. The predicted molar refractivity (Wildman–Crippen MR) is 160 cm³/mol. The van der Waals surface area contributed by atoms with Gasteiger partial charge in [-0.25, -0.2) is 0 Å². The van der Waals surface area contributed by atoms with E-state index in [1.54, 1.807) is 7.11 Å². The lowest BCUT2D eigenvalue weighted by molar-refractivity contribution is 0.112. The van der Waals surface area contributed by atoms with Gasteiger partial charge < -0.3 is 14.8 Å². The first kappa shape index (κ1) is 26.5. The summed E-state index contributed by atoms with van der Waals surface area (Å²) < 4.78 is 12.5. The summed E-state index contributed by atoms with van der Waals surface area (Å²) in [6.45, 7) is 2.22. The molecule has 6 rings (SSSR count). The second kappa shape index (κ2) is 11.7. The Bertz CT molecular complexity index is 1630. The molecule has 7 heteroatoms. The van der Waals surface area contributed by atoms with Crippen LogP contribution in [0.3, 0.4) is 0 Å². The molecule has 0 unspecified atom stereocenters. The van der Waals surface area contributed by atoms with Crippen LogP contribution in [0.15, 0.2) is 91.0 Å². The molecule has 0 amide bonds. The number of benzene rings is 5. The highest BCUT2D eigenvalue weighted by atomic mass is 35.5. The quantitative estimate of drug-likeness (QED) is 0.199. The number of halogens is 1. The fourth-order valence-corrected chi connectivity index (χ4v) is 5.24. The number of hydrogen-bond donors (Lipinski definition) is 3. The van der Waals surface area contributed by atoms with Gasteiger partial charge in [0, 0.05) is 35.5 Å². The van der Waals surface area contributed by atoms with Gasteiger partial charge in [-0.1, -0.05) is 72.8 Å². The van der Waals surface area contributed by atoms with Gasteiger partial charge in [0.1, 0.15) is 24.4 Å². The minimum atomic E-state index is 0. The second-order valence-corrected chi connectivity index (χ2v) is 9.30. The van der Waals surface area contributed by atoms with Crippen LogP contribution in [0.25, 0.3) is 32.7 Å². The monoisotopic (exact) mass is 539 g/mol. The summed E-state index contributed by atoms with van der Waals surface area (Å²) in [6, 6.07) is 30.4. The average molecular weight is 540 g/mol. The molecule has 0 bridgehead atoms. The standard InChI is InChI=1S/C32H29N3O3.ClH/c1-37-31-24(19-36)18-22-9-3-6-12-26(22)30(31)29-25-11-5-2-8-21(25)14-15-28(29)38-20-23-10-4-7-13-27(23)35-32-33-16-17-34-32;/h2-15,18-19,32-35H,16-17,20H2,1H3;1H. The Balaban J connectivity index is 0.00000308. The molecule has 0 aromatic heterocycles. The Morgan fingerprint density at radius 1 is 0.846 bits per heavy atom. The lowest BCUT2D eigenvalue weighted by Gasteiger charge is -2.21. The zero-order chi connectivity index (χ0) is 25.9. The third-order valence-electron chi connectivity index (χ3n) is 7.02. The van der Waals surface area contributed by atoms with E-state index in [1.807, 2.05) is 54.6 Å². The topological polar surface area (TPSA) is 71.6 Å². The number of rotatable bonds is 8. The zero-order valence-corrected chi connectivity index (χ0v) is 22.4. The minimum absolute atomic E-state index is 0. The number of hydrogen-bond acceptors (Lipinski definition) is 6. The van der Waals surface area contributed by atoms with Crippen molar-refractivity contribution < 1.29 is 14.3 Å². The van der Waals surface area contributed by atoms with Crippen LogP contribution in [0.1, 0.15) is 15.9 Å². The van der Waals surface area contributed by atoms with Crippen LogP contribution in [0.4, 0.5) is 5.69 Å². The molecule has 1 aliphatic rings. The maximum absolute atomic E-state index is 12.1. The number of aldehydes is 1. The Labute approximate surface area is 233 Å². The Morgan fingerprint density at radius 3 is 2.26 bits per heavy atom. The van der Waals surface area contributed by atoms with E-state index in [1.165, 1.54) is 0 Å². The first-order valence-corrected chi connectivity index (χ1v) is 12.8. The van der Waals surface area contributed by atoms with Crippen molar-refractivity contribution in [2.45, 2.75) is 12.9 Å². The summed E-state index contributed by atoms with van der Waals surface area (Å²) in [4.78, 5) is 12.1. The molecule has 6 nitrogen and oxygen atoms in total. The van der Waals surface area contributed by atoms with Gasteiger partial charge in [-0.15, -0.1) is 12.4 Å². The average Bonchev–Trinajstić information content (AvgIpc) is 3.48. The first-order valence-electron chi connectivity index (χ1n) is 12.8. The molecule has 0 radical (unpaired) electrons. The molecule has 5 aromatic carbocycles. The molecule has 0 aliphatic carbocycles. The van der Waals surface area contributed by atoms with Crippen LogP contribution >= 0.6 is 12.4 Å². The molecular weight excluding hydrogens is 510 g/mol. The summed E-state index contributed by atoms with van der Waals surface area (Å²) in [6.07, 6.45) is 0.877. The van der Waals surface area contributed by atoms with Crippen molar-refractivity contribution in [3.63, 3.8) is 0 Å². The molecule has 39 heavy (non-hydrogen) atoms. The van der Waals surface area contributed by atoms with Crippen molar-refractivity contribution >= 4 is 45.9 Å². The fourth-order valence-electron chi connectivity index (χ4n) is 5.24. The van der Waals surface area contributed by atoms with Crippen LogP contribution in [0.5, 0.6) is 11.5 Å². The number of ether oxygens (including phenoxy) is 2. The van der Waals surface area contributed by atoms with E-state index in [-0.39, 0.29) is 18.7 Å². The third kappa shape index (κ3) is 5.14. The molecule has 5 aromatic rings. The zero-order valence-electron chi connectivity index (χ0n) is 21.6. The van der Waals surface area contributed by atoms with Crippen molar-refractivity contribution in [1.82, 2.24) is 10.6 Å². The lowest BCUT2D eigenvalue weighted by atomic mass is 9.90. The number of carbonyl (C=O) groups excluding carboxylic acids is 1. The van der Waals surface area contributed by atoms with Gasteiger partial charge in [0.25, 0.3) is 0 Å². The van der Waals surface area contributed by atoms with E-state index in [9.17, 15) is 4.79 Å². The lowest BCUT2D eigenvalue weighted by Crippen LogP contribution is -2.39. The highest BCUT2D eigenvalue weighted by molar-refractivity contribution is 6.12. The number of methoxy groups -OCH3 is 1. The van der Waals surface area contributed by atoms with E-state index in [0.717, 1.165) is 69.0 Å². The molecule has 1 heterocycles. The van der Waals surface area contributed by atoms with E-state index < -0.39 is 0 Å². The van der Waals surface area contributed by atoms with Crippen molar-refractivity contribution in [2.75, 3.05) is 25.5 Å². The van der Waals surface area contributed by atoms with E-state index in [0.29, 0.717) is 17.9 Å². The molecule has 0 saturated carbocycles. The van der Waals surface area contributed by atoms with Crippen molar-refractivity contribution in [3.05, 3.63) is 102 Å². The van der Waals surface area contributed by atoms with E-state index in [4.69, 9.17) is 9.47 Å². The highest BCUT2D eigenvalue weighted by Gasteiger charge is 2.22. The summed E-state index contributed by atoms with van der Waals surface area (Å²) in [7, 11) is 1.61. The van der Waals surface area contributed by atoms with Crippen molar-refractivity contribution in [1.29, 1.82) is 0 Å². The summed E-state index contributed by atoms with van der Waals surface area (Å²) >= 11 is 0. The van der Waals surface area contributed by atoms with Gasteiger partial charge in [0.05, 0.1) is 12.7 Å². The highest BCUT2D eigenvalue weighted by Crippen LogP contribution is 2.46. The van der Waals surface area contributed by atoms with Gasteiger partial charge in [-0.3, -0.25) is 15.4 Å². The smallest absolute Gasteiger partial charge is 0.153 e. The van der Waals surface area contributed by atoms with Gasteiger partial charge in [0.15, 0.2) is 6.29 Å².